The van der Waals surface area contributed by atoms with Crippen LogP contribution in [-0.2, 0) is 19.0 Å². The second kappa shape index (κ2) is 7.62. The van der Waals surface area contributed by atoms with E-state index in [0.29, 0.717) is 19.4 Å². The monoisotopic (exact) mass is 272 g/mol. The van der Waals surface area contributed by atoms with Crippen LogP contribution in [0.4, 0.5) is 0 Å². The zero-order valence-electron chi connectivity index (χ0n) is 11.9. The largest absolute Gasteiger partial charge is 0.469 e. The van der Waals surface area contributed by atoms with Crippen molar-refractivity contribution in [1.29, 1.82) is 0 Å². The molecule has 0 saturated carbocycles. The summed E-state index contributed by atoms with van der Waals surface area (Å²) in [5.41, 5.74) is 0. The second-order valence-corrected chi connectivity index (χ2v) is 5.13. The summed E-state index contributed by atoms with van der Waals surface area (Å²) < 4.78 is 15.8. The van der Waals surface area contributed by atoms with Gasteiger partial charge in [-0.05, 0) is 26.7 Å². The quantitative estimate of drug-likeness (QED) is 0.588. The first kappa shape index (κ1) is 16.1. The fourth-order valence-electron chi connectivity index (χ4n) is 2.01. The van der Waals surface area contributed by atoms with E-state index < -0.39 is 5.79 Å². The molecule has 110 valence electrons. The van der Waals surface area contributed by atoms with Crippen molar-refractivity contribution in [2.75, 3.05) is 20.3 Å². The Morgan fingerprint density at radius 3 is 2.84 bits per heavy atom. The zero-order valence-corrected chi connectivity index (χ0v) is 11.9. The van der Waals surface area contributed by atoms with Crippen LogP contribution in [0.3, 0.4) is 0 Å². The van der Waals surface area contributed by atoms with Crippen molar-refractivity contribution in [1.82, 2.24) is 0 Å². The Morgan fingerprint density at radius 2 is 2.21 bits per heavy atom. The minimum absolute atomic E-state index is 0.00649. The van der Waals surface area contributed by atoms with Crippen molar-refractivity contribution in [3.63, 3.8) is 0 Å². The van der Waals surface area contributed by atoms with Gasteiger partial charge in [0.2, 0.25) is 0 Å². The Kier molecular flexibility index (Phi) is 6.48. The first-order valence-corrected chi connectivity index (χ1v) is 6.63. The minimum atomic E-state index is -0.626. The maximum Gasteiger partial charge on any atom is 0.305 e. The summed E-state index contributed by atoms with van der Waals surface area (Å²) in [7, 11) is 1.39. The fraction of sp³-hybridized carbons (Fsp3) is 0.786. The van der Waals surface area contributed by atoms with Gasteiger partial charge in [0.15, 0.2) is 5.79 Å². The van der Waals surface area contributed by atoms with Gasteiger partial charge in [-0.15, -0.1) is 0 Å². The van der Waals surface area contributed by atoms with Gasteiger partial charge in [0.1, 0.15) is 0 Å². The lowest BCUT2D eigenvalue weighted by Gasteiger charge is -2.40. The molecule has 0 aliphatic carbocycles. The molecular formula is C14H24O5. The third kappa shape index (κ3) is 5.72. The SMILES string of the molecule is COC(=O)CC/C=C\C[C@H]1COC(C)(C)O[C@H]1CO. The second-order valence-electron chi connectivity index (χ2n) is 5.13. The molecule has 0 amide bonds. The lowest BCUT2D eigenvalue weighted by Crippen LogP contribution is -2.47. The number of hydrogen-bond donors (Lipinski definition) is 1. The molecule has 0 unspecified atom stereocenters. The van der Waals surface area contributed by atoms with E-state index in [1.54, 1.807) is 0 Å². The fourth-order valence-corrected chi connectivity index (χ4v) is 2.01. The van der Waals surface area contributed by atoms with Gasteiger partial charge in [-0.25, -0.2) is 0 Å². The predicted molar refractivity (Wildman–Crippen MR) is 70.5 cm³/mol. The van der Waals surface area contributed by atoms with Gasteiger partial charge >= 0.3 is 5.97 Å². The van der Waals surface area contributed by atoms with Gasteiger partial charge in [-0.3, -0.25) is 4.79 Å². The molecule has 0 bridgehead atoms. The van der Waals surface area contributed by atoms with E-state index in [1.807, 2.05) is 26.0 Å². The Bertz CT molecular complexity index is 311. The molecule has 2 atom stereocenters. The van der Waals surface area contributed by atoms with Crippen LogP contribution in [0.1, 0.15) is 33.1 Å². The van der Waals surface area contributed by atoms with Gasteiger partial charge in [-0.1, -0.05) is 12.2 Å². The lowest BCUT2D eigenvalue weighted by molar-refractivity contribution is -0.297. The van der Waals surface area contributed by atoms with E-state index in [2.05, 4.69) is 4.74 Å². The number of allylic oxidation sites excluding steroid dienone is 2. The Morgan fingerprint density at radius 1 is 1.47 bits per heavy atom. The van der Waals surface area contributed by atoms with E-state index in [-0.39, 0.29) is 24.6 Å². The Labute approximate surface area is 114 Å². The van der Waals surface area contributed by atoms with E-state index >= 15 is 0 Å². The smallest absolute Gasteiger partial charge is 0.305 e. The number of aliphatic hydroxyl groups is 1. The summed E-state index contributed by atoms with van der Waals surface area (Å²) in [5.74, 6) is -0.685. The molecule has 0 aromatic heterocycles. The highest BCUT2D eigenvalue weighted by molar-refractivity contribution is 5.69. The molecule has 1 aliphatic heterocycles. The van der Waals surface area contributed by atoms with E-state index in [4.69, 9.17) is 9.47 Å². The van der Waals surface area contributed by atoms with Crippen LogP contribution in [-0.4, -0.2) is 43.3 Å². The van der Waals surface area contributed by atoms with Crippen LogP contribution in [0.15, 0.2) is 12.2 Å². The molecule has 0 aromatic rings. The highest BCUT2D eigenvalue weighted by atomic mass is 16.7. The molecular weight excluding hydrogens is 248 g/mol. The summed E-state index contributed by atoms with van der Waals surface area (Å²) in [6.45, 7) is 4.25. The number of methoxy groups -OCH3 is 1. The van der Waals surface area contributed by atoms with Crippen LogP contribution < -0.4 is 0 Å². The Hall–Kier alpha value is -0.910. The summed E-state index contributed by atoms with van der Waals surface area (Å²) in [6, 6.07) is 0. The van der Waals surface area contributed by atoms with E-state index in [0.717, 1.165) is 6.42 Å². The zero-order chi connectivity index (χ0) is 14.3. The predicted octanol–water partition coefficient (Wildman–Crippen LogP) is 1.65. The number of ether oxygens (including phenoxy) is 3. The Balaban J connectivity index is 2.32. The molecule has 1 rings (SSSR count). The van der Waals surface area contributed by atoms with Crippen molar-refractivity contribution in [3.05, 3.63) is 12.2 Å². The summed E-state index contributed by atoms with van der Waals surface area (Å²) in [6.07, 6.45) is 5.57. The molecule has 5 nitrogen and oxygen atoms in total. The third-order valence-corrected chi connectivity index (χ3v) is 3.13. The molecule has 5 heteroatoms. The molecule has 1 fully saturated rings. The minimum Gasteiger partial charge on any atom is -0.469 e. The molecule has 0 radical (unpaired) electrons. The first-order valence-electron chi connectivity index (χ1n) is 6.63. The molecule has 0 spiro atoms. The highest BCUT2D eigenvalue weighted by Gasteiger charge is 2.35. The normalized spacial score (nSPS) is 26.5. The number of esters is 1. The number of rotatable bonds is 6. The van der Waals surface area contributed by atoms with Crippen molar-refractivity contribution >= 4 is 5.97 Å². The van der Waals surface area contributed by atoms with Crippen LogP contribution in [0, 0.1) is 5.92 Å². The first-order chi connectivity index (χ1) is 8.98. The van der Waals surface area contributed by atoms with Crippen LogP contribution in [0.25, 0.3) is 0 Å². The van der Waals surface area contributed by atoms with Crippen molar-refractivity contribution < 1.29 is 24.1 Å². The number of carbonyl (C=O) groups is 1. The van der Waals surface area contributed by atoms with Crippen molar-refractivity contribution in [2.24, 2.45) is 5.92 Å². The van der Waals surface area contributed by atoms with Gasteiger partial charge in [-0.2, -0.15) is 0 Å². The van der Waals surface area contributed by atoms with Crippen LogP contribution in [0.2, 0.25) is 0 Å². The molecule has 1 heterocycles. The maximum atomic E-state index is 10.9. The standard InChI is InChI=1S/C14H24O5/c1-14(2)18-10-11(12(9-15)19-14)7-5-4-6-8-13(16)17-3/h4-5,11-12,15H,6-10H2,1-3H3/b5-4-/t11-,12-/m0/s1. The average Bonchev–Trinajstić information content (AvgIpc) is 2.38. The maximum absolute atomic E-state index is 10.9. The van der Waals surface area contributed by atoms with Gasteiger partial charge < -0.3 is 19.3 Å². The van der Waals surface area contributed by atoms with E-state index in [1.165, 1.54) is 7.11 Å². The van der Waals surface area contributed by atoms with Gasteiger partial charge in [0, 0.05) is 12.3 Å². The molecule has 1 N–H and O–H groups in total. The summed E-state index contributed by atoms with van der Waals surface area (Å²) in [5, 5.41) is 9.34. The van der Waals surface area contributed by atoms with Crippen molar-refractivity contribution in [2.45, 2.75) is 45.0 Å². The molecule has 1 saturated heterocycles. The summed E-state index contributed by atoms with van der Waals surface area (Å²) in [4.78, 5) is 10.9. The number of hydrogen-bond acceptors (Lipinski definition) is 5. The number of aliphatic hydroxyl groups excluding tert-OH is 1. The van der Waals surface area contributed by atoms with Crippen molar-refractivity contribution in [3.8, 4) is 0 Å². The van der Waals surface area contributed by atoms with Crippen LogP contribution in [0.5, 0.6) is 0 Å². The molecule has 0 aromatic carbocycles. The molecule has 1 aliphatic rings. The van der Waals surface area contributed by atoms with E-state index in [9.17, 15) is 9.90 Å². The lowest BCUT2D eigenvalue weighted by atomic mass is 9.97. The van der Waals surface area contributed by atoms with Gasteiger partial charge in [0.05, 0.1) is 26.4 Å². The molecule has 19 heavy (non-hydrogen) atoms. The average molecular weight is 272 g/mol. The highest BCUT2D eigenvalue weighted by Crippen LogP contribution is 2.28. The third-order valence-electron chi connectivity index (χ3n) is 3.13. The topological polar surface area (TPSA) is 65.0 Å². The number of carbonyl (C=O) groups excluding carboxylic acids is 1. The summed E-state index contributed by atoms with van der Waals surface area (Å²) >= 11 is 0. The van der Waals surface area contributed by atoms with Gasteiger partial charge in [0.25, 0.3) is 0 Å². The van der Waals surface area contributed by atoms with Crippen LogP contribution >= 0.6 is 0 Å².